The molecule has 2 atom stereocenters. The highest BCUT2D eigenvalue weighted by Crippen LogP contribution is 2.26. The number of benzene rings is 3. The molecule has 0 unspecified atom stereocenters. The minimum Gasteiger partial charge on any atom is -0.494 e. The molecule has 0 radical (unpaired) electrons. The van der Waals surface area contributed by atoms with Crippen LogP contribution in [0.25, 0.3) is 0 Å². The number of nitrogens with one attached hydrogen (secondary N) is 1. The molecule has 2 amide bonds. The number of rotatable bonds is 13. The van der Waals surface area contributed by atoms with E-state index in [0.29, 0.717) is 18.0 Å². The van der Waals surface area contributed by atoms with E-state index in [-0.39, 0.29) is 23.4 Å². The maximum absolute atomic E-state index is 14.0. The highest BCUT2D eigenvalue weighted by Gasteiger charge is 2.32. The van der Waals surface area contributed by atoms with Gasteiger partial charge in [-0.05, 0) is 83.0 Å². The first-order valence-corrected chi connectivity index (χ1v) is 15.4. The summed E-state index contributed by atoms with van der Waals surface area (Å²) in [7, 11) is -4.14. The third-order valence-corrected chi connectivity index (χ3v) is 8.75. The molecule has 0 aromatic heterocycles. The second-order valence-corrected chi connectivity index (χ2v) is 12.1. The number of amides is 2. The summed E-state index contributed by atoms with van der Waals surface area (Å²) in [5.41, 5.74) is 3.21. The minimum absolute atomic E-state index is 0.0296. The molecule has 3 aromatic rings. The van der Waals surface area contributed by atoms with Crippen molar-refractivity contribution < 1.29 is 22.7 Å². The molecule has 0 fully saturated rings. The first-order valence-electron chi connectivity index (χ1n) is 13.9. The first-order chi connectivity index (χ1) is 19.5. The quantitative estimate of drug-likeness (QED) is 0.299. The number of nitrogens with zero attached hydrogens (tertiary/aromatic N) is 2. The van der Waals surface area contributed by atoms with Crippen molar-refractivity contribution in [2.24, 2.45) is 0 Å². The van der Waals surface area contributed by atoms with Gasteiger partial charge in [-0.3, -0.25) is 13.9 Å². The Bertz CT molecular complexity index is 1410. The fourth-order valence-electron chi connectivity index (χ4n) is 4.18. The molecule has 0 bridgehead atoms. The van der Waals surface area contributed by atoms with Crippen LogP contribution in [0, 0.1) is 13.8 Å². The third kappa shape index (κ3) is 8.33. The van der Waals surface area contributed by atoms with E-state index in [1.807, 2.05) is 58.9 Å². The van der Waals surface area contributed by atoms with Gasteiger partial charge in [-0.1, -0.05) is 54.4 Å². The highest BCUT2D eigenvalue weighted by atomic mass is 32.2. The first kappa shape index (κ1) is 31.7. The summed E-state index contributed by atoms with van der Waals surface area (Å²) in [4.78, 5) is 28.6. The zero-order chi connectivity index (χ0) is 30.2. The van der Waals surface area contributed by atoms with Crippen LogP contribution in [-0.2, 0) is 26.2 Å². The van der Waals surface area contributed by atoms with E-state index < -0.39 is 28.5 Å². The predicted molar refractivity (Wildman–Crippen MR) is 162 cm³/mol. The number of sulfonamides is 1. The van der Waals surface area contributed by atoms with Gasteiger partial charge in [0.2, 0.25) is 11.8 Å². The van der Waals surface area contributed by atoms with Crippen LogP contribution in [0.5, 0.6) is 5.75 Å². The van der Waals surface area contributed by atoms with Gasteiger partial charge in [0.05, 0.1) is 17.2 Å². The number of hydrogen-bond donors (Lipinski definition) is 1. The normalized spacial score (nSPS) is 12.7. The van der Waals surface area contributed by atoms with Crippen LogP contribution in [0.2, 0.25) is 0 Å². The highest BCUT2D eigenvalue weighted by molar-refractivity contribution is 7.92. The van der Waals surface area contributed by atoms with Gasteiger partial charge in [-0.15, -0.1) is 0 Å². The van der Waals surface area contributed by atoms with Gasteiger partial charge in [0.1, 0.15) is 18.3 Å². The van der Waals surface area contributed by atoms with Crippen LogP contribution in [0.4, 0.5) is 5.69 Å². The Morgan fingerprint density at radius 3 is 1.95 bits per heavy atom. The van der Waals surface area contributed by atoms with Crippen LogP contribution in [0.15, 0.2) is 77.7 Å². The zero-order valence-electron chi connectivity index (χ0n) is 24.8. The van der Waals surface area contributed by atoms with Crippen molar-refractivity contribution in [2.45, 2.75) is 71.5 Å². The lowest BCUT2D eigenvalue weighted by atomic mass is 10.1. The monoisotopic (exact) mass is 579 g/mol. The minimum atomic E-state index is -4.14. The molecule has 9 heteroatoms. The predicted octanol–water partition coefficient (Wildman–Crippen LogP) is 5.23. The Hall–Kier alpha value is -3.85. The Morgan fingerprint density at radius 1 is 0.854 bits per heavy atom. The molecule has 0 heterocycles. The van der Waals surface area contributed by atoms with Gasteiger partial charge in [0.15, 0.2) is 0 Å². The molecule has 3 rings (SSSR count). The molecule has 8 nitrogen and oxygen atoms in total. The second kappa shape index (κ2) is 14.2. The van der Waals surface area contributed by atoms with Crippen molar-refractivity contribution in [1.82, 2.24) is 10.2 Å². The SMILES string of the molecule is CCOc1ccc(S(=O)(=O)N(CC(=O)N(Cc2ccc(C)cc2)[C@H](C)C(=O)N[C@@H](C)CC)c2ccc(C)cc2)cc1. The smallest absolute Gasteiger partial charge is 0.264 e. The maximum atomic E-state index is 14.0. The zero-order valence-corrected chi connectivity index (χ0v) is 25.6. The molecule has 0 aliphatic heterocycles. The van der Waals surface area contributed by atoms with Crippen molar-refractivity contribution in [1.29, 1.82) is 0 Å². The van der Waals surface area contributed by atoms with Crippen molar-refractivity contribution >= 4 is 27.5 Å². The topological polar surface area (TPSA) is 96.0 Å². The molecule has 220 valence electrons. The summed E-state index contributed by atoms with van der Waals surface area (Å²) in [6.45, 7) is 11.4. The van der Waals surface area contributed by atoms with E-state index in [1.165, 1.54) is 17.0 Å². The molecule has 0 saturated heterocycles. The van der Waals surface area contributed by atoms with Crippen LogP contribution in [0.1, 0.15) is 50.8 Å². The van der Waals surface area contributed by atoms with Gasteiger partial charge in [-0.2, -0.15) is 0 Å². The summed E-state index contributed by atoms with van der Waals surface area (Å²) in [5.74, 6) is -0.238. The molecule has 3 aromatic carbocycles. The molecule has 0 aliphatic carbocycles. The summed E-state index contributed by atoms with van der Waals surface area (Å²) in [5, 5.41) is 2.95. The Balaban J connectivity index is 2.01. The number of hydrogen-bond acceptors (Lipinski definition) is 5. The van der Waals surface area contributed by atoms with E-state index in [4.69, 9.17) is 4.74 Å². The fraction of sp³-hybridized carbons (Fsp3) is 0.375. The van der Waals surface area contributed by atoms with E-state index in [2.05, 4.69) is 5.32 Å². The van der Waals surface area contributed by atoms with Gasteiger partial charge in [0, 0.05) is 12.6 Å². The lowest BCUT2D eigenvalue weighted by Gasteiger charge is -2.32. The number of aryl methyl sites for hydroxylation is 2. The van der Waals surface area contributed by atoms with Crippen molar-refractivity contribution in [3.8, 4) is 5.75 Å². The number of carbonyl (C=O) groups excluding carboxylic acids is 2. The fourth-order valence-corrected chi connectivity index (χ4v) is 5.59. The summed E-state index contributed by atoms with van der Waals surface area (Å²) in [6, 6.07) is 19.9. The van der Waals surface area contributed by atoms with Crippen LogP contribution in [0.3, 0.4) is 0 Å². The number of ether oxygens (including phenoxy) is 1. The molecular formula is C32H41N3O5S. The largest absolute Gasteiger partial charge is 0.494 e. The maximum Gasteiger partial charge on any atom is 0.264 e. The molecule has 0 saturated carbocycles. The summed E-state index contributed by atoms with van der Waals surface area (Å²) >= 11 is 0. The summed E-state index contributed by atoms with van der Waals surface area (Å²) in [6.07, 6.45) is 0.742. The van der Waals surface area contributed by atoms with Gasteiger partial charge in [0.25, 0.3) is 10.0 Å². The summed E-state index contributed by atoms with van der Waals surface area (Å²) < 4.78 is 34.5. The van der Waals surface area contributed by atoms with Crippen molar-refractivity contribution in [2.75, 3.05) is 17.5 Å². The molecule has 0 aliphatic rings. The second-order valence-electron chi connectivity index (χ2n) is 10.3. The Labute approximate surface area is 244 Å². The van der Waals surface area contributed by atoms with Crippen LogP contribution >= 0.6 is 0 Å². The number of anilines is 1. The van der Waals surface area contributed by atoms with Crippen molar-refractivity contribution in [3.05, 3.63) is 89.5 Å². The van der Waals surface area contributed by atoms with Gasteiger partial charge >= 0.3 is 0 Å². The van der Waals surface area contributed by atoms with E-state index in [9.17, 15) is 18.0 Å². The molecule has 0 spiro atoms. The van der Waals surface area contributed by atoms with Gasteiger partial charge < -0.3 is 15.0 Å². The van der Waals surface area contributed by atoms with E-state index in [0.717, 1.165) is 27.4 Å². The average molecular weight is 580 g/mol. The number of carbonyl (C=O) groups is 2. The lowest BCUT2D eigenvalue weighted by molar-refractivity contribution is -0.139. The van der Waals surface area contributed by atoms with E-state index in [1.54, 1.807) is 43.3 Å². The van der Waals surface area contributed by atoms with Crippen LogP contribution < -0.4 is 14.4 Å². The van der Waals surface area contributed by atoms with Gasteiger partial charge in [-0.25, -0.2) is 8.42 Å². The third-order valence-electron chi connectivity index (χ3n) is 6.97. The standard InChI is InChI=1S/C32H41N3O5S/c1-7-25(5)33-32(37)26(6)34(21-27-13-9-23(3)10-14-27)31(36)22-35(28-15-11-24(4)12-16-28)41(38,39)30-19-17-29(18-20-30)40-8-2/h9-20,25-26H,7-8,21-22H2,1-6H3,(H,33,37)/t25-,26+/m0/s1. The average Bonchev–Trinajstić information content (AvgIpc) is 2.96. The van der Waals surface area contributed by atoms with Crippen molar-refractivity contribution in [3.63, 3.8) is 0 Å². The molecule has 41 heavy (non-hydrogen) atoms. The Kier molecular flexibility index (Phi) is 10.9. The molecular weight excluding hydrogens is 538 g/mol. The van der Waals surface area contributed by atoms with E-state index >= 15 is 0 Å². The van der Waals surface area contributed by atoms with Crippen LogP contribution in [-0.4, -0.2) is 50.4 Å². The Morgan fingerprint density at radius 2 is 1.41 bits per heavy atom. The lowest BCUT2D eigenvalue weighted by Crippen LogP contribution is -2.52. The molecule has 1 N–H and O–H groups in total.